The second kappa shape index (κ2) is 6.10. The molecule has 0 radical (unpaired) electrons. The molecule has 0 fully saturated rings. The molecule has 2 rings (SSSR count). The summed E-state index contributed by atoms with van der Waals surface area (Å²) in [7, 11) is 0. The summed E-state index contributed by atoms with van der Waals surface area (Å²) in [6, 6.07) is 0. The molecular formula is C12H20N4+2. The Morgan fingerprint density at radius 3 is 1.56 bits per heavy atom. The molecule has 4 heteroatoms. The van der Waals surface area contributed by atoms with E-state index in [1.807, 2.05) is 25.0 Å². The van der Waals surface area contributed by atoms with Gasteiger partial charge >= 0.3 is 0 Å². The standard InChI is InChI=1S/C12H18N4/c1(3-7-15-9-5-13-11-15)2-4-8-16-10-6-14-12-16/h5-6,9-12H,1-4,7-8H2/p+2. The Labute approximate surface area is 96.0 Å². The molecule has 0 unspecified atom stereocenters. The van der Waals surface area contributed by atoms with E-state index >= 15 is 0 Å². The fraction of sp³-hybridized carbons (Fsp3) is 0.500. The highest BCUT2D eigenvalue weighted by molar-refractivity contribution is 4.56. The lowest BCUT2D eigenvalue weighted by Crippen LogP contribution is -2.31. The first-order chi connectivity index (χ1) is 7.95. The maximum Gasteiger partial charge on any atom is 0.241 e. The molecule has 0 atom stereocenters. The van der Waals surface area contributed by atoms with Crippen molar-refractivity contribution in [1.82, 2.24) is 9.97 Å². The summed E-state index contributed by atoms with van der Waals surface area (Å²) >= 11 is 0. The average molecular weight is 220 g/mol. The smallest absolute Gasteiger partial charge is 0.241 e. The average Bonchev–Trinajstić information content (AvgIpc) is 2.96. The topological polar surface area (TPSA) is 39.3 Å². The van der Waals surface area contributed by atoms with Crippen LogP contribution in [0.1, 0.15) is 25.7 Å². The Morgan fingerprint density at radius 1 is 0.688 bits per heavy atom. The molecule has 0 saturated heterocycles. The van der Waals surface area contributed by atoms with Crippen molar-refractivity contribution in [3.8, 4) is 0 Å². The van der Waals surface area contributed by atoms with Crippen LogP contribution in [-0.4, -0.2) is 9.97 Å². The summed E-state index contributed by atoms with van der Waals surface area (Å²) in [6.07, 6.45) is 17.2. The Kier molecular flexibility index (Phi) is 4.16. The zero-order valence-corrected chi connectivity index (χ0v) is 9.60. The number of aryl methyl sites for hydroxylation is 2. The number of rotatable bonds is 7. The van der Waals surface area contributed by atoms with Crippen LogP contribution < -0.4 is 9.13 Å². The van der Waals surface area contributed by atoms with Crippen molar-refractivity contribution < 1.29 is 9.13 Å². The number of nitrogens with zero attached hydrogens (tertiary/aromatic N) is 2. The second-order valence-electron chi connectivity index (χ2n) is 4.11. The number of aromatic nitrogens is 4. The lowest BCUT2D eigenvalue weighted by molar-refractivity contribution is -0.697. The number of hydrogen-bond acceptors (Lipinski definition) is 0. The molecule has 0 saturated carbocycles. The molecule has 0 aliphatic rings. The number of nitrogens with one attached hydrogen (secondary N) is 2. The quantitative estimate of drug-likeness (QED) is 0.519. The third-order valence-corrected chi connectivity index (χ3v) is 2.79. The van der Waals surface area contributed by atoms with E-state index in [2.05, 4.69) is 31.5 Å². The van der Waals surface area contributed by atoms with Gasteiger partial charge in [-0.05, 0) is 25.7 Å². The highest BCUT2D eigenvalue weighted by Crippen LogP contribution is 1.99. The Balaban J connectivity index is 1.49. The molecule has 16 heavy (non-hydrogen) atoms. The number of hydrogen-bond donors (Lipinski definition) is 2. The van der Waals surface area contributed by atoms with E-state index in [9.17, 15) is 0 Å². The van der Waals surface area contributed by atoms with E-state index in [0.29, 0.717) is 0 Å². The zero-order valence-electron chi connectivity index (χ0n) is 9.60. The number of unbranched alkanes of at least 4 members (excludes halogenated alkanes) is 3. The van der Waals surface area contributed by atoms with Crippen LogP contribution in [-0.2, 0) is 13.1 Å². The molecule has 0 spiro atoms. The van der Waals surface area contributed by atoms with Gasteiger partial charge in [0.1, 0.15) is 24.8 Å². The summed E-state index contributed by atoms with van der Waals surface area (Å²) in [6.45, 7) is 2.25. The van der Waals surface area contributed by atoms with Crippen molar-refractivity contribution >= 4 is 0 Å². The zero-order chi connectivity index (χ0) is 11.1. The summed E-state index contributed by atoms with van der Waals surface area (Å²) < 4.78 is 4.39. The molecule has 2 aromatic heterocycles. The first-order valence-electron chi connectivity index (χ1n) is 5.99. The van der Waals surface area contributed by atoms with Crippen molar-refractivity contribution in [1.29, 1.82) is 0 Å². The predicted octanol–water partition coefficient (Wildman–Crippen LogP) is 1.18. The minimum Gasteiger partial charge on any atom is -0.250 e. The van der Waals surface area contributed by atoms with Crippen LogP contribution in [0.5, 0.6) is 0 Å². The van der Waals surface area contributed by atoms with Crippen LogP contribution in [0.4, 0.5) is 0 Å². The minimum absolute atomic E-state index is 1.13. The van der Waals surface area contributed by atoms with Crippen molar-refractivity contribution in [2.45, 2.75) is 38.8 Å². The van der Waals surface area contributed by atoms with Crippen LogP contribution in [0.25, 0.3) is 0 Å². The molecule has 86 valence electrons. The van der Waals surface area contributed by atoms with E-state index in [-0.39, 0.29) is 0 Å². The maximum atomic E-state index is 3.06. The Hall–Kier alpha value is -1.58. The van der Waals surface area contributed by atoms with Crippen LogP contribution >= 0.6 is 0 Å². The lowest BCUT2D eigenvalue weighted by atomic mass is 10.2. The normalized spacial score (nSPS) is 10.8. The van der Waals surface area contributed by atoms with E-state index in [1.54, 1.807) is 0 Å². The summed E-state index contributed by atoms with van der Waals surface area (Å²) in [5.41, 5.74) is 0. The molecule has 0 amide bonds. The van der Waals surface area contributed by atoms with Gasteiger partial charge in [0.25, 0.3) is 0 Å². The fourth-order valence-corrected chi connectivity index (χ4v) is 1.86. The highest BCUT2D eigenvalue weighted by Gasteiger charge is 1.98. The second-order valence-corrected chi connectivity index (χ2v) is 4.11. The highest BCUT2D eigenvalue weighted by atomic mass is 15.0. The van der Waals surface area contributed by atoms with Gasteiger partial charge in [0.2, 0.25) is 12.7 Å². The minimum atomic E-state index is 1.13. The van der Waals surface area contributed by atoms with Gasteiger partial charge in [-0.1, -0.05) is 0 Å². The molecule has 0 aliphatic heterocycles. The molecule has 4 nitrogen and oxygen atoms in total. The molecule has 2 N–H and O–H groups in total. The lowest BCUT2D eigenvalue weighted by Gasteiger charge is -1.98. The molecule has 0 bridgehead atoms. The van der Waals surface area contributed by atoms with Gasteiger partial charge < -0.3 is 0 Å². The van der Waals surface area contributed by atoms with E-state index in [0.717, 1.165) is 13.1 Å². The fourth-order valence-electron chi connectivity index (χ4n) is 1.86. The van der Waals surface area contributed by atoms with Gasteiger partial charge in [-0.3, -0.25) is 9.97 Å². The van der Waals surface area contributed by atoms with E-state index < -0.39 is 0 Å². The monoisotopic (exact) mass is 220 g/mol. The van der Waals surface area contributed by atoms with Crippen molar-refractivity contribution in [2.24, 2.45) is 0 Å². The van der Waals surface area contributed by atoms with E-state index in [4.69, 9.17) is 0 Å². The molecule has 2 aromatic rings. The SMILES string of the molecule is c1c[n+](CCCCCC[n+]2cc[nH]c2)c[nH]1. The van der Waals surface area contributed by atoms with Gasteiger partial charge in [-0.2, -0.15) is 0 Å². The van der Waals surface area contributed by atoms with Gasteiger partial charge in [0, 0.05) is 0 Å². The van der Waals surface area contributed by atoms with Crippen LogP contribution in [0, 0.1) is 0 Å². The van der Waals surface area contributed by atoms with Gasteiger partial charge in [0.15, 0.2) is 0 Å². The molecule has 2 heterocycles. The van der Waals surface area contributed by atoms with Gasteiger partial charge in [-0.15, -0.1) is 0 Å². The Morgan fingerprint density at radius 2 is 1.19 bits per heavy atom. The largest absolute Gasteiger partial charge is 0.250 e. The van der Waals surface area contributed by atoms with Crippen molar-refractivity contribution in [2.75, 3.05) is 0 Å². The van der Waals surface area contributed by atoms with Gasteiger partial charge in [0.05, 0.1) is 13.1 Å². The predicted molar refractivity (Wildman–Crippen MR) is 60.4 cm³/mol. The third kappa shape index (κ3) is 3.53. The molecule has 0 aliphatic carbocycles. The van der Waals surface area contributed by atoms with Crippen LogP contribution in [0.3, 0.4) is 0 Å². The molecular weight excluding hydrogens is 200 g/mol. The van der Waals surface area contributed by atoms with Crippen molar-refractivity contribution in [3.05, 3.63) is 37.4 Å². The van der Waals surface area contributed by atoms with Crippen molar-refractivity contribution in [3.63, 3.8) is 0 Å². The summed E-state index contributed by atoms with van der Waals surface area (Å²) in [5.74, 6) is 0. The first kappa shape index (κ1) is 10.9. The summed E-state index contributed by atoms with van der Waals surface area (Å²) in [4.78, 5) is 6.11. The third-order valence-electron chi connectivity index (χ3n) is 2.79. The Bertz CT molecular complexity index is 325. The number of aromatic amines is 2. The number of imidazole rings is 2. The van der Waals surface area contributed by atoms with Crippen LogP contribution in [0.2, 0.25) is 0 Å². The molecule has 0 aromatic carbocycles. The van der Waals surface area contributed by atoms with Gasteiger partial charge in [-0.25, -0.2) is 9.13 Å². The maximum absolute atomic E-state index is 3.06. The van der Waals surface area contributed by atoms with E-state index in [1.165, 1.54) is 25.7 Å². The number of H-pyrrole nitrogens is 2. The first-order valence-corrected chi connectivity index (χ1v) is 5.99. The summed E-state index contributed by atoms with van der Waals surface area (Å²) in [5, 5.41) is 0. The van der Waals surface area contributed by atoms with Crippen LogP contribution in [0.15, 0.2) is 37.4 Å².